The van der Waals surface area contributed by atoms with Gasteiger partial charge in [0.05, 0.1) is 0 Å². The van der Waals surface area contributed by atoms with Crippen molar-refractivity contribution >= 4 is 18.0 Å². The van der Waals surface area contributed by atoms with Gasteiger partial charge in [-0.1, -0.05) is 23.9 Å². The molecule has 1 aliphatic carbocycles. The van der Waals surface area contributed by atoms with Gasteiger partial charge < -0.3 is 0 Å². The smallest absolute Gasteiger partial charge is 0.150 e. The van der Waals surface area contributed by atoms with Gasteiger partial charge in [-0.15, -0.1) is 0 Å². The Balaban J connectivity index is 1.85. The van der Waals surface area contributed by atoms with Crippen LogP contribution in [0.2, 0.25) is 0 Å². The van der Waals surface area contributed by atoms with Crippen molar-refractivity contribution in [2.24, 2.45) is 0 Å². The summed E-state index contributed by atoms with van der Waals surface area (Å²) in [5.41, 5.74) is 4.84. The summed E-state index contributed by atoms with van der Waals surface area (Å²) in [5.74, 6) is 0. The molecule has 0 heterocycles. The summed E-state index contributed by atoms with van der Waals surface area (Å²) >= 11 is 1.77. The van der Waals surface area contributed by atoms with Crippen LogP contribution in [0.15, 0.2) is 46.2 Å². The van der Waals surface area contributed by atoms with Crippen LogP contribution in [0.5, 0.6) is 0 Å². The molecule has 0 amide bonds. The monoisotopic (exact) mass is 268 g/mol. The maximum atomic E-state index is 10.8. The van der Waals surface area contributed by atoms with E-state index in [2.05, 4.69) is 24.3 Å². The molecular weight excluding hydrogens is 252 g/mol. The maximum Gasteiger partial charge on any atom is 0.150 e. The standard InChI is InChI=1S/C17H16OS/c1-12-9-16(8-6-15(12)11-18)19-17-7-5-13-3-2-4-14(13)10-17/h5-11H,2-4H2,1H3. The summed E-state index contributed by atoms with van der Waals surface area (Å²) in [7, 11) is 0. The van der Waals surface area contributed by atoms with E-state index in [9.17, 15) is 4.79 Å². The van der Waals surface area contributed by atoms with Gasteiger partial charge in [0.25, 0.3) is 0 Å². The van der Waals surface area contributed by atoms with Gasteiger partial charge in [-0.2, -0.15) is 0 Å². The zero-order valence-corrected chi connectivity index (χ0v) is 11.8. The molecule has 2 aromatic rings. The van der Waals surface area contributed by atoms with Crippen LogP contribution in [0.4, 0.5) is 0 Å². The van der Waals surface area contributed by atoms with Crippen molar-refractivity contribution in [3.63, 3.8) is 0 Å². The summed E-state index contributed by atoms with van der Waals surface area (Å²) in [6.45, 7) is 1.98. The Hall–Kier alpha value is -1.54. The number of aryl methyl sites for hydroxylation is 3. The fourth-order valence-corrected chi connectivity index (χ4v) is 3.57. The van der Waals surface area contributed by atoms with Gasteiger partial charge in [0.1, 0.15) is 6.29 Å². The Bertz CT molecular complexity index is 631. The molecule has 96 valence electrons. The minimum atomic E-state index is 0.776. The first-order valence-electron chi connectivity index (χ1n) is 6.62. The molecule has 19 heavy (non-hydrogen) atoms. The largest absolute Gasteiger partial charge is 0.298 e. The fraction of sp³-hybridized carbons (Fsp3) is 0.235. The molecule has 0 saturated carbocycles. The number of carbonyl (C=O) groups is 1. The lowest BCUT2D eigenvalue weighted by molar-refractivity contribution is 0.112. The average molecular weight is 268 g/mol. The zero-order valence-electron chi connectivity index (χ0n) is 11.0. The number of carbonyl (C=O) groups excluding carboxylic acids is 1. The molecule has 3 rings (SSSR count). The van der Waals surface area contributed by atoms with Crippen molar-refractivity contribution in [3.05, 3.63) is 58.7 Å². The van der Waals surface area contributed by atoms with E-state index in [0.717, 1.165) is 17.4 Å². The number of hydrogen-bond acceptors (Lipinski definition) is 2. The van der Waals surface area contributed by atoms with Crippen LogP contribution in [0.3, 0.4) is 0 Å². The van der Waals surface area contributed by atoms with Gasteiger partial charge in [0.15, 0.2) is 0 Å². The van der Waals surface area contributed by atoms with E-state index in [4.69, 9.17) is 0 Å². The van der Waals surface area contributed by atoms with E-state index in [-0.39, 0.29) is 0 Å². The Morgan fingerprint density at radius 2 is 1.74 bits per heavy atom. The van der Waals surface area contributed by atoms with Crippen LogP contribution < -0.4 is 0 Å². The molecule has 0 bridgehead atoms. The molecule has 0 saturated heterocycles. The van der Waals surface area contributed by atoms with Gasteiger partial charge in [-0.05, 0) is 67.1 Å². The molecule has 0 N–H and O–H groups in total. The lowest BCUT2D eigenvalue weighted by Gasteiger charge is -2.06. The van der Waals surface area contributed by atoms with Crippen LogP contribution in [-0.4, -0.2) is 6.29 Å². The maximum absolute atomic E-state index is 10.8. The highest BCUT2D eigenvalue weighted by molar-refractivity contribution is 7.99. The number of rotatable bonds is 3. The van der Waals surface area contributed by atoms with Gasteiger partial charge >= 0.3 is 0 Å². The Labute approximate surface area is 118 Å². The highest BCUT2D eigenvalue weighted by atomic mass is 32.2. The molecule has 0 fully saturated rings. The topological polar surface area (TPSA) is 17.1 Å². The van der Waals surface area contributed by atoms with Gasteiger partial charge in [0.2, 0.25) is 0 Å². The summed E-state index contributed by atoms with van der Waals surface area (Å²) in [6.07, 6.45) is 4.65. The van der Waals surface area contributed by atoms with Crippen LogP contribution in [0.1, 0.15) is 33.5 Å². The fourth-order valence-electron chi connectivity index (χ4n) is 2.59. The van der Waals surface area contributed by atoms with Crippen LogP contribution in [0, 0.1) is 6.92 Å². The Morgan fingerprint density at radius 1 is 1.00 bits per heavy atom. The second kappa shape index (κ2) is 5.22. The Kier molecular flexibility index (Phi) is 3.43. The zero-order chi connectivity index (χ0) is 13.2. The summed E-state index contributed by atoms with van der Waals surface area (Å²) in [4.78, 5) is 13.3. The predicted molar refractivity (Wildman–Crippen MR) is 79.2 cm³/mol. The van der Waals surface area contributed by atoms with E-state index in [1.807, 2.05) is 19.1 Å². The van der Waals surface area contributed by atoms with E-state index in [0.29, 0.717) is 0 Å². The first kappa shape index (κ1) is 12.5. The molecule has 0 radical (unpaired) electrons. The molecule has 0 atom stereocenters. The Morgan fingerprint density at radius 3 is 2.53 bits per heavy atom. The van der Waals surface area contributed by atoms with Crippen molar-refractivity contribution in [2.45, 2.75) is 36.0 Å². The third-order valence-corrected chi connectivity index (χ3v) is 4.65. The van der Waals surface area contributed by atoms with Crippen LogP contribution in [-0.2, 0) is 12.8 Å². The van der Waals surface area contributed by atoms with E-state index in [1.54, 1.807) is 11.8 Å². The number of hydrogen-bond donors (Lipinski definition) is 0. The highest BCUT2D eigenvalue weighted by Crippen LogP contribution is 2.32. The molecule has 2 aromatic carbocycles. The summed E-state index contributed by atoms with van der Waals surface area (Å²) < 4.78 is 0. The minimum absolute atomic E-state index is 0.776. The third-order valence-electron chi connectivity index (χ3n) is 3.67. The molecule has 0 spiro atoms. The highest BCUT2D eigenvalue weighted by Gasteiger charge is 2.11. The summed E-state index contributed by atoms with van der Waals surface area (Å²) in [5, 5.41) is 0. The van der Waals surface area contributed by atoms with E-state index < -0.39 is 0 Å². The van der Waals surface area contributed by atoms with E-state index in [1.165, 1.54) is 40.2 Å². The van der Waals surface area contributed by atoms with Crippen molar-refractivity contribution < 1.29 is 4.79 Å². The number of benzene rings is 2. The quantitative estimate of drug-likeness (QED) is 0.765. The van der Waals surface area contributed by atoms with Crippen molar-refractivity contribution in [3.8, 4) is 0 Å². The molecule has 1 nitrogen and oxygen atoms in total. The number of aldehydes is 1. The molecule has 0 aliphatic heterocycles. The molecule has 0 unspecified atom stereocenters. The first-order chi connectivity index (χ1) is 9.26. The lowest BCUT2D eigenvalue weighted by Crippen LogP contribution is -1.87. The molecular formula is C17H16OS. The van der Waals surface area contributed by atoms with Crippen molar-refractivity contribution in [1.29, 1.82) is 0 Å². The predicted octanol–water partition coefficient (Wildman–Crippen LogP) is 4.45. The van der Waals surface area contributed by atoms with Gasteiger partial charge in [0, 0.05) is 15.4 Å². The lowest BCUT2D eigenvalue weighted by atomic mass is 10.1. The SMILES string of the molecule is Cc1cc(Sc2ccc3c(c2)CCC3)ccc1C=O. The van der Waals surface area contributed by atoms with Crippen LogP contribution >= 0.6 is 11.8 Å². The van der Waals surface area contributed by atoms with Gasteiger partial charge in [-0.25, -0.2) is 0 Å². The normalized spacial score (nSPS) is 13.3. The second-order valence-electron chi connectivity index (χ2n) is 5.02. The molecule has 0 aromatic heterocycles. The minimum Gasteiger partial charge on any atom is -0.298 e. The van der Waals surface area contributed by atoms with Gasteiger partial charge in [-0.3, -0.25) is 4.79 Å². The average Bonchev–Trinajstić information content (AvgIpc) is 2.86. The summed E-state index contributed by atoms with van der Waals surface area (Å²) in [6, 6.07) is 12.8. The third kappa shape index (κ3) is 2.59. The van der Waals surface area contributed by atoms with Crippen molar-refractivity contribution in [2.75, 3.05) is 0 Å². The van der Waals surface area contributed by atoms with E-state index >= 15 is 0 Å². The first-order valence-corrected chi connectivity index (χ1v) is 7.43. The molecule has 2 heteroatoms. The van der Waals surface area contributed by atoms with Crippen LogP contribution in [0.25, 0.3) is 0 Å². The van der Waals surface area contributed by atoms with Crippen molar-refractivity contribution in [1.82, 2.24) is 0 Å². The molecule has 1 aliphatic rings. The number of fused-ring (bicyclic) bond motifs is 1. The second-order valence-corrected chi connectivity index (χ2v) is 6.17.